The highest BCUT2D eigenvalue weighted by Crippen LogP contribution is 2.30. The molecule has 0 saturated carbocycles. The topological polar surface area (TPSA) is 60.7 Å². The first-order valence-corrected chi connectivity index (χ1v) is 5.97. The summed E-state index contributed by atoms with van der Waals surface area (Å²) in [7, 11) is 0. The fraction of sp³-hybridized carbons (Fsp3) is 0.125. The van der Waals surface area contributed by atoms with Crippen LogP contribution in [0.1, 0.15) is 23.6 Å². The Bertz CT molecular complexity index is 625. The first kappa shape index (κ1) is 13.0. The number of phenols is 3. The van der Waals surface area contributed by atoms with Gasteiger partial charge in [0.15, 0.2) is 0 Å². The second-order valence-corrected chi connectivity index (χ2v) is 4.57. The molecule has 0 heterocycles. The van der Waals surface area contributed by atoms with Crippen molar-refractivity contribution in [1.82, 2.24) is 0 Å². The van der Waals surface area contributed by atoms with Crippen LogP contribution in [-0.2, 0) is 0 Å². The van der Waals surface area contributed by atoms with E-state index >= 15 is 0 Å². The van der Waals surface area contributed by atoms with Crippen molar-refractivity contribution >= 4 is 11.6 Å². The van der Waals surface area contributed by atoms with Gasteiger partial charge in [0.2, 0.25) is 0 Å². The molecule has 0 bridgehead atoms. The highest BCUT2D eigenvalue weighted by molar-refractivity contribution is 5.82. The Kier molecular flexibility index (Phi) is 3.47. The standard InChI is InChI=1S/C16H16O3/c1-10(12-3-5-14(17)6-4-12)7-13-9-15(18)11(2)8-16(13)19/h3-9,17-19H,1-2H3/b10-7+. The summed E-state index contributed by atoms with van der Waals surface area (Å²) in [6.07, 6.45) is 1.79. The summed E-state index contributed by atoms with van der Waals surface area (Å²) < 4.78 is 0. The van der Waals surface area contributed by atoms with Crippen LogP contribution >= 0.6 is 0 Å². The van der Waals surface area contributed by atoms with E-state index in [1.54, 1.807) is 37.3 Å². The number of aryl methyl sites for hydroxylation is 1. The van der Waals surface area contributed by atoms with Crippen LogP contribution in [0, 0.1) is 6.92 Å². The van der Waals surface area contributed by atoms with Gasteiger partial charge in [0.25, 0.3) is 0 Å². The molecular weight excluding hydrogens is 240 g/mol. The molecule has 19 heavy (non-hydrogen) atoms. The number of hydrogen-bond donors (Lipinski definition) is 3. The Morgan fingerprint density at radius 2 is 1.58 bits per heavy atom. The summed E-state index contributed by atoms with van der Waals surface area (Å²) >= 11 is 0. The third-order valence-corrected chi connectivity index (χ3v) is 3.04. The van der Waals surface area contributed by atoms with Gasteiger partial charge in [-0.2, -0.15) is 0 Å². The summed E-state index contributed by atoms with van der Waals surface area (Å²) in [5.74, 6) is 0.503. The normalized spacial score (nSPS) is 11.6. The zero-order chi connectivity index (χ0) is 14.0. The minimum absolute atomic E-state index is 0.133. The van der Waals surface area contributed by atoms with Crippen LogP contribution < -0.4 is 0 Å². The molecule has 0 unspecified atom stereocenters. The number of benzene rings is 2. The Labute approximate surface area is 112 Å². The van der Waals surface area contributed by atoms with Gasteiger partial charge < -0.3 is 15.3 Å². The van der Waals surface area contributed by atoms with Crippen molar-refractivity contribution in [2.75, 3.05) is 0 Å². The number of rotatable bonds is 2. The van der Waals surface area contributed by atoms with E-state index in [0.717, 1.165) is 11.1 Å². The molecule has 0 spiro atoms. The molecule has 98 valence electrons. The molecule has 0 atom stereocenters. The van der Waals surface area contributed by atoms with Gasteiger partial charge in [0.05, 0.1) is 0 Å². The average molecular weight is 256 g/mol. The van der Waals surface area contributed by atoms with Crippen LogP contribution in [0.2, 0.25) is 0 Å². The minimum Gasteiger partial charge on any atom is -0.508 e. The zero-order valence-electron chi connectivity index (χ0n) is 10.9. The first-order valence-electron chi connectivity index (χ1n) is 5.97. The van der Waals surface area contributed by atoms with Crippen LogP contribution in [0.5, 0.6) is 17.2 Å². The largest absolute Gasteiger partial charge is 0.508 e. The van der Waals surface area contributed by atoms with Gasteiger partial charge in [-0.3, -0.25) is 0 Å². The maximum absolute atomic E-state index is 9.86. The molecule has 0 aliphatic heterocycles. The number of hydrogen-bond acceptors (Lipinski definition) is 3. The van der Waals surface area contributed by atoms with Crippen molar-refractivity contribution in [2.24, 2.45) is 0 Å². The summed E-state index contributed by atoms with van der Waals surface area (Å²) in [6.45, 7) is 3.64. The van der Waals surface area contributed by atoms with E-state index in [1.165, 1.54) is 12.1 Å². The van der Waals surface area contributed by atoms with Crippen molar-refractivity contribution in [3.8, 4) is 17.2 Å². The SMILES string of the molecule is C/C(=C\c1cc(O)c(C)cc1O)c1ccc(O)cc1. The lowest BCUT2D eigenvalue weighted by Crippen LogP contribution is -1.83. The van der Waals surface area contributed by atoms with E-state index in [2.05, 4.69) is 0 Å². The van der Waals surface area contributed by atoms with Gasteiger partial charge in [-0.1, -0.05) is 12.1 Å². The molecule has 3 N–H and O–H groups in total. The van der Waals surface area contributed by atoms with Crippen LogP contribution in [0.4, 0.5) is 0 Å². The predicted octanol–water partition coefficient (Wildman–Crippen LogP) is 3.67. The Morgan fingerprint density at radius 3 is 2.21 bits per heavy atom. The van der Waals surface area contributed by atoms with E-state index in [4.69, 9.17) is 0 Å². The van der Waals surface area contributed by atoms with E-state index in [0.29, 0.717) is 11.1 Å². The molecule has 2 aromatic carbocycles. The monoisotopic (exact) mass is 256 g/mol. The summed E-state index contributed by atoms with van der Waals surface area (Å²) in [4.78, 5) is 0. The lowest BCUT2D eigenvalue weighted by atomic mass is 10.0. The maximum Gasteiger partial charge on any atom is 0.123 e. The molecule has 3 nitrogen and oxygen atoms in total. The van der Waals surface area contributed by atoms with Crippen molar-refractivity contribution in [2.45, 2.75) is 13.8 Å². The molecule has 0 amide bonds. The molecule has 0 aliphatic carbocycles. The molecule has 3 heteroatoms. The second kappa shape index (κ2) is 5.06. The van der Waals surface area contributed by atoms with Crippen LogP contribution in [0.3, 0.4) is 0 Å². The smallest absolute Gasteiger partial charge is 0.123 e. The highest BCUT2D eigenvalue weighted by Gasteiger charge is 2.05. The van der Waals surface area contributed by atoms with Gasteiger partial charge in [-0.25, -0.2) is 0 Å². The van der Waals surface area contributed by atoms with Crippen molar-refractivity contribution in [1.29, 1.82) is 0 Å². The van der Waals surface area contributed by atoms with E-state index < -0.39 is 0 Å². The fourth-order valence-electron chi connectivity index (χ4n) is 1.85. The van der Waals surface area contributed by atoms with Gasteiger partial charge in [0, 0.05) is 5.56 Å². The number of allylic oxidation sites excluding steroid dienone is 1. The van der Waals surface area contributed by atoms with Crippen molar-refractivity contribution in [3.05, 3.63) is 53.1 Å². The predicted molar refractivity (Wildman–Crippen MR) is 76.2 cm³/mol. The lowest BCUT2D eigenvalue weighted by molar-refractivity contribution is 0.456. The average Bonchev–Trinajstić information content (AvgIpc) is 2.36. The van der Waals surface area contributed by atoms with Gasteiger partial charge in [-0.05, 0) is 60.9 Å². The Hall–Kier alpha value is -2.42. The highest BCUT2D eigenvalue weighted by atomic mass is 16.3. The van der Waals surface area contributed by atoms with Gasteiger partial charge in [0.1, 0.15) is 17.2 Å². The fourth-order valence-corrected chi connectivity index (χ4v) is 1.85. The third-order valence-electron chi connectivity index (χ3n) is 3.04. The van der Waals surface area contributed by atoms with Crippen LogP contribution in [0.15, 0.2) is 36.4 Å². The summed E-state index contributed by atoms with van der Waals surface area (Å²) in [6, 6.07) is 9.89. The van der Waals surface area contributed by atoms with Crippen LogP contribution in [0.25, 0.3) is 11.6 Å². The van der Waals surface area contributed by atoms with Crippen LogP contribution in [-0.4, -0.2) is 15.3 Å². The summed E-state index contributed by atoms with van der Waals surface area (Å²) in [5.41, 5.74) is 3.07. The Morgan fingerprint density at radius 1 is 0.947 bits per heavy atom. The molecule has 0 aliphatic rings. The quantitative estimate of drug-likeness (QED) is 0.567. The van der Waals surface area contributed by atoms with Gasteiger partial charge in [-0.15, -0.1) is 0 Å². The number of phenolic OH excluding ortho intramolecular Hbond substituents is 3. The maximum atomic E-state index is 9.86. The van der Waals surface area contributed by atoms with E-state index in [9.17, 15) is 15.3 Å². The Balaban J connectivity index is 2.40. The van der Waals surface area contributed by atoms with E-state index in [-0.39, 0.29) is 17.2 Å². The molecule has 0 radical (unpaired) electrons. The summed E-state index contributed by atoms with van der Waals surface area (Å²) in [5, 5.41) is 28.8. The molecule has 0 saturated heterocycles. The molecule has 2 rings (SSSR count). The van der Waals surface area contributed by atoms with Crippen molar-refractivity contribution in [3.63, 3.8) is 0 Å². The molecule has 2 aromatic rings. The zero-order valence-corrected chi connectivity index (χ0v) is 10.9. The molecule has 0 fully saturated rings. The minimum atomic E-state index is 0.133. The van der Waals surface area contributed by atoms with Gasteiger partial charge >= 0.3 is 0 Å². The van der Waals surface area contributed by atoms with E-state index in [1.807, 2.05) is 6.92 Å². The second-order valence-electron chi connectivity index (χ2n) is 4.57. The molecular formula is C16H16O3. The van der Waals surface area contributed by atoms with Crippen molar-refractivity contribution < 1.29 is 15.3 Å². The first-order chi connectivity index (χ1) is 8.97. The lowest BCUT2D eigenvalue weighted by Gasteiger charge is -2.06. The molecule has 0 aromatic heterocycles. The third kappa shape index (κ3) is 2.88. The number of aromatic hydroxyl groups is 3.